The third-order valence-corrected chi connectivity index (χ3v) is 3.85. The second-order valence-electron chi connectivity index (χ2n) is 5.58. The van der Waals surface area contributed by atoms with Gasteiger partial charge in [-0.05, 0) is 56.2 Å². The highest BCUT2D eigenvalue weighted by Crippen LogP contribution is 2.15. The fourth-order valence-corrected chi connectivity index (χ4v) is 2.20. The van der Waals surface area contributed by atoms with Crippen molar-refractivity contribution in [3.8, 4) is 0 Å². The van der Waals surface area contributed by atoms with E-state index in [0.29, 0.717) is 5.56 Å². The second kappa shape index (κ2) is 7.09. The lowest BCUT2D eigenvalue weighted by atomic mass is 10.1. The van der Waals surface area contributed by atoms with Gasteiger partial charge in [-0.1, -0.05) is 24.3 Å². The summed E-state index contributed by atoms with van der Waals surface area (Å²) in [5, 5.41) is 0. The molecule has 23 heavy (non-hydrogen) atoms. The van der Waals surface area contributed by atoms with Crippen LogP contribution in [-0.2, 0) is 9.53 Å². The van der Waals surface area contributed by atoms with Gasteiger partial charge in [-0.2, -0.15) is 0 Å². The topological polar surface area (TPSA) is 46.6 Å². The minimum atomic E-state index is -0.852. The molecular formula is C19H21NO3. The molecule has 2 rings (SSSR count). The number of benzene rings is 2. The van der Waals surface area contributed by atoms with Crippen molar-refractivity contribution in [2.24, 2.45) is 0 Å². The Hall–Kier alpha value is -2.62. The maximum absolute atomic E-state index is 12.4. The molecule has 0 fully saturated rings. The van der Waals surface area contributed by atoms with Crippen molar-refractivity contribution >= 4 is 17.6 Å². The largest absolute Gasteiger partial charge is 0.449 e. The maximum Gasteiger partial charge on any atom is 0.338 e. The van der Waals surface area contributed by atoms with Crippen LogP contribution in [0, 0.1) is 13.8 Å². The smallest absolute Gasteiger partial charge is 0.338 e. The van der Waals surface area contributed by atoms with Gasteiger partial charge in [-0.3, -0.25) is 4.79 Å². The molecule has 4 nitrogen and oxygen atoms in total. The zero-order chi connectivity index (χ0) is 17.0. The van der Waals surface area contributed by atoms with Crippen LogP contribution in [0.1, 0.15) is 28.4 Å². The molecule has 0 bridgehead atoms. The van der Waals surface area contributed by atoms with E-state index >= 15 is 0 Å². The van der Waals surface area contributed by atoms with Crippen molar-refractivity contribution in [3.63, 3.8) is 0 Å². The standard InChI is InChI=1S/C19H21NO3/c1-13-10-11-16(12-14(13)2)19(22)23-15(3)18(21)20(4)17-8-6-5-7-9-17/h5-12,15H,1-4H3/t15-/m0/s1. The molecule has 2 aromatic carbocycles. The number of likely N-dealkylation sites (N-methyl/N-ethyl adjacent to an activating group) is 1. The summed E-state index contributed by atoms with van der Waals surface area (Å²) >= 11 is 0. The van der Waals surface area contributed by atoms with Gasteiger partial charge in [0.05, 0.1) is 5.56 Å². The van der Waals surface area contributed by atoms with Gasteiger partial charge < -0.3 is 9.64 Å². The van der Waals surface area contributed by atoms with Crippen molar-refractivity contribution in [1.29, 1.82) is 0 Å². The van der Waals surface area contributed by atoms with Crippen LogP contribution in [0.25, 0.3) is 0 Å². The number of esters is 1. The summed E-state index contributed by atoms with van der Waals surface area (Å²) in [4.78, 5) is 26.1. The molecule has 1 amide bonds. The Labute approximate surface area is 136 Å². The number of rotatable bonds is 4. The van der Waals surface area contributed by atoms with Crippen LogP contribution in [0.2, 0.25) is 0 Å². The average Bonchev–Trinajstić information content (AvgIpc) is 2.56. The number of nitrogens with zero attached hydrogens (tertiary/aromatic N) is 1. The zero-order valence-electron chi connectivity index (χ0n) is 13.9. The van der Waals surface area contributed by atoms with E-state index < -0.39 is 12.1 Å². The SMILES string of the molecule is Cc1ccc(C(=O)O[C@@H](C)C(=O)N(C)c2ccccc2)cc1C. The molecule has 0 unspecified atom stereocenters. The van der Waals surface area contributed by atoms with Crippen LogP contribution in [0.4, 0.5) is 5.69 Å². The predicted molar refractivity (Wildman–Crippen MR) is 90.6 cm³/mol. The van der Waals surface area contributed by atoms with Crippen molar-refractivity contribution < 1.29 is 14.3 Å². The normalized spacial score (nSPS) is 11.7. The summed E-state index contributed by atoms with van der Waals surface area (Å²) in [5.74, 6) is -0.760. The van der Waals surface area contributed by atoms with Crippen molar-refractivity contribution in [2.45, 2.75) is 26.9 Å². The van der Waals surface area contributed by atoms with Crippen molar-refractivity contribution in [3.05, 3.63) is 65.2 Å². The lowest BCUT2D eigenvalue weighted by Crippen LogP contribution is -2.37. The van der Waals surface area contributed by atoms with E-state index in [2.05, 4.69) is 0 Å². The molecule has 1 atom stereocenters. The molecule has 0 N–H and O–H groups in total. The third kappa shape index (κ3) is 3.97. The maximum atomic E-state index is 12.4. The molecule has 0 aliphatic carbocycles. The number of para-hydroxylation sites is 1. The van der Waals surface area contributed by atoms with Crippen LogP contribution >= 0.6 is 0 Å². The first kappa shape index (κ1) is 16.7. The van der Waals surface area contributed by atoms with Crippen LogP contribution in [0.3, 0.4) is 0 Å². The molecule has 120 valence electrons. The van der Waals surface area contributed by atoms with Gasteiger partial charge in [0.25, 0.3) is 5.91 Å². The fraction of sp³-hybridized carbons (Fsp3) is 0.263. The van der Waals surface area contributed by atoms with Gasteiger partial charge in [0, 0.05) is 12.7 Å². The Kier molecular flexibility index (Phi) is 5.16. The zero-order valence-corrected chi connectivity index (χ0v) is 13.9. The first-order valence-electron chi connectivity index (χ1n) is 7.51. The highest BCUT2D eigenvalue weighted by atomic mass is 16.5. The number of amides is 1. The second-order valence-corrected chi connectivity index (χ2v) is 5.58. The summed E-state index contributed by atoms with van der Waals surface area (Å²) < 4.78 is 5.31. The molecule has 0 aromatic heterocycles. The first-order chi connectivity index (χ1) is 10.9. The molecular weight excluding hydrogens is 290 g/mol. The lowest BCUT2D eigenvalue weighted by molar-refractivity contribution is -0.126. The number of hydrogen-bond acceptors (Lipinski definition) is 3. The van der Waals surface area contributed by atoms with Crippen LogP contribution in [0.5, 0.6) is 0 Å². The van der Waals surface area contributed by atoms with E-state index in [1.165, 1.54) is 4.90 Å². The van der Waals surface area contributed by atoms with Crippen molar-refractivity contribution in [1.82, 2.24) is 0 Å². The Bertz CT molecular complexity index is 710. The molecule has 0 aliphatic heterocycles. The first-order valence-corrected chi connectivity index (χ1v) is 7.51. The summed E-state index contributed by atoms with van der Waals surface area (Å²) in [7, 11) is 1.66. The molecule has 0 radical (unpaired) electrons. The molecule has 0 saturated carbocycles. The van der Waals surface area contributed by atoms with Gasteiger partial charge in [0.15, 0.2) is 6.10 Å². The van der Waals surface area contributed by atoms with Gasteiger partial charge in [-0.15, -0.1) is 0 Å². The molecule has 0 aliphatic rings. The van der Waals surface area contributed by atoms with Gasteiger partial charge in [0.1, 0.15) is 0 Å². The highest BCUT2D eigenvalue weighted by molar-refractivity contribution is 5.98. The molecule has 0 saturated heterocycles. The van der Waals surface area contributed by atoms with Gasteiger partial charge in [-0.25, -0.2) is 4.79 Å². The monoisotopic (exact) mass is 311 g/mol. The van der Waals surface area contributed by atoms with E-state index in [0.717, 1.165) is 16.8 Å². The summed E-state index contributed by atoms with van der Waals surface area (Å²) in [6.07, 6.45) is -0.852. The number of hydrogen-bond donors (Lipinski definition) is 0. The van der Waals surface area contributed by atoms with E-state index in [4.69, 9.17) is 4.74 Å². The van der Waals surface area contributed by atoms with Crippen molar-refractivity contribution in [2.75, 3.05) is 11.9 Å². The van der Waals surface area contributed by atoms with Crippen LogP contribution < -0.4 is 4.90 Å². The molecule has 4 heteroatoms. The minimum Gasteiger partial charge on any atom is -0.449 e. The molecule has 0 spiro atoms. The quantitative estimate of drug-likeness (QED) is 0.812. The summed E-state index contributed by atoms with van der Waals surface area (Å²) in [5.41, 5.74) is 3.33. The number of aryl methyl sites for hydroxylation is 2. The number of ether oxygens (including phenoxy) is 1. The summed E-state index contributed by atoms with van der Waals surface area (Å²) in [6.45, 7) is 5.50. The van der Waals surface area contributed by atoms with Crippen LogP contribution in [-0.4, -0.2) is 25.0 Å². The minimum absolute atomic E-state index is 0.270. The van der Waals surface area contributed by atoms with E-state index in [1.807, 2.05) is 50.2 Å². The third-order valence-electron chi connectivity index (χ3n) is 3.85. The van der Waals surface area contributed by atoms with E-state index in [1.54, 1.807) is 26.1 Å². The Morgan fingerprint density at radius 3 is 2.26 bits per heavy atom. The Morgan fingerprint density at radius 1 is 1.00 bits per heavy atom. The summed E-state index contributed by atoms with van der Waals surface area (Å²) in [6, 6.07) is 14.6. The Morgan fingerprint density at radius 2 is 1.65 bits per heavy atom. The van der Waals surface area contributed by atoms with Crippen LogP contribution in [0.15, 0.2) is 48.5 Å². The van der Waals surface area contributed by atoms with E-state index in [-0.39, 0.29) is 5.91 Å². The average molecular weight is 311 g/mol. The van der Waals surface area contributed by atoms with Gasteiger partial charge >= 0.3 is 5.97 Å². The number of carbonyl (C=O) groups excluding carboxylic acids is 2. The number of carbonyl (C=O) groups is 2. The Balaban J connectivity index is 2.05. The number of anilines is 1. The van der Waals surface area contributed by atoms with Gasteiger partial charge in [0.2, 0.25) is 0 Å². The predicted octanol–water partition coefficient (Wildman–Crippen LogP) is 3.51. The molecule has 2 aromatic rings. The molecule has 0 heterocycles. The highest BCUT2D eigenvalue weighted by Gasteiger charge is 2.23. The van der Waals surface area contributed by atoms with E-state index in [9.17, 15) is 9.59 Å². The fourth-order valence-electron chi connectivity index (χ4n) is 2.20. The lowest BCUT2D eigenvalue weighted by Gasteiger charge is -2.21.